The van der Waals surface area contributed by atoms with Crippen LogP contribution in [0.25, 0.3) is 0 Å². The molecule has 1 nitrogen and oxygen atoms in total. The van der Waals surface area contributed by atoms with Crippen LogP contribution in [0.15, 0.2) is 17.6 Å². The second-order valence-corrected chi connectivity index (χ2v) is 4.13. The summed E-state index contributed by atoms with van der Waals surface area (Å²) in [5.41, 5.74) is 1.22. The van der Waals surface area contributed by atoms with Gasteiger partial charge in [0.1, 0.15) is 0 Å². The number of hydrogen-bond acceptors (Lipinski definition) is 2. The molecule has 0 bridgehead atoms. The molecule has 0 heterocycles. The van der Waals surface area contributed by atoms with Gasteiger partial charge in [-0.15, -0.1) is 19.2 Å². The Kier molecular flexibility index (Phi) is 3.95. The fourth-order valence-electron chi connectivity index (χ4n) is 1.47. The maximum atomic E-state index is 5.04. The third-order valence-electron chi connectivity index (χ3n) is 2.05. The van der Waals surface area contributed by atoms with E-state index in [-0.39, 0.29) is 0 Å². The fraction of sp³-hybridized carbons (Fsp3) is 0.556. The van der Waals surface area contributed by atoms with Crippen molar-refractivity contribution in [1.82, 2.24) is 0 Å². The molecule has 1 saturated carbocycles. The summed E-state index contributed by atoms with van der Waals surface area (Å²) in [5.74, 6) is 0.350. The lowest BCUT2D eigenvalue weighted by molar-refractivity contribution is 0.825. The van der Waals surface area contributed by atoms with Crippen LogP contribution in [0.4, 0.5) is 0 Å². The lowest BCUT2D eigenvalue weighted by atomic mass is 10.1. The minimum absolute atomic E-state index is 0.350. The van der Waals surface area contributed by atoms with E-state index in [9.17, 15) is 0 Å². The molecule has 0 aromatic carbocycles. The maximum absolute atomic E-state index is 5.04. The van der Waals surface area contributed by atoms with E-state index in [1.807, 2.05) is 6.08 Å². The summed E-state index contributed by atoms with van der Waals surface area (Å²) in [5, 5.41) is 0. The molecule has 0 N–H and O–H groups in total. The summed E-state index contributed by atoms with van der Waals surface area (Å²) < 4.78 is 0.787. The van der Waals surface area contributed by atoms with E-state index >= 15 is 0 Å². The Morgan fingerprint density at radius 2 is 2.58 bits per heavy atom. The molecule has 0 aliphatic heterocycles. The van der Waals surface area contributed by atoms with Crippen LogP contribution in [-0.4, -0.2) is 16.5 Å². The van der Waals surface area contributed by atoms with E-state index in [0.717, 1.165) is 17.0 Å². The van der Waals surface area contributed by atoms with Crippen LogP contribution in [0.3, 0.4) is 0 Å². The number of hydrogen-bond donors (Lipinski definition) is 1. The first-order chi connectivity index (χ1) is 5.75. The highest BCUT2D eigenvalue weighted by Crippen LogP contribution is 2.25. The van der Waals surface area contributed by atoms with E-state index in [1.165, 1.54) is 12.1 Å². The third kappa shape index (κ3) is 2.42. The van der Waals surface area contributed by atoms with Gasteiger partial charge in [0.2, 0.25) is 0 Å². The van der Waals surface area contributed by atoms with Gasteiger partial charge >= 0.3 is 0 Å². The van der Waals surface area contributed by atoms with Crippen LogP contribution in [0.2, 0.25) is 0 Å². The molecule has 1 fully saturated rings. The molecule has 66 valence electrons. The van der Waals surface area contributed by atoms with E-state index < -0.39 is 0 Å². The van der Waals surface area contributed by atoms with E-state index in [1.54, 1.807) is 0 Å². The monoisotopic (exact) mass is 199 g/mol. The van der Waals surface area contributed by atoms with Crippen molar-refractivity contribution < 1.29 is 0 Å². The molecule has 1 atom stereocenters. The zero-order valence-corrected chi connectivity index (χ0v) is 8.70. The molecule has 3 heteroatoms. The summed E-state index contributed by atoms with van der Waals surface area (Å²) in [6.45, 7) is 4.34. The van der Waals surface area contributed by atoms with Gasteiger partial charge in [-0.3, -0.25) is 4.99 Å². The molecule has 12 heavy (non-hydrogen) atoms. The van der Waals surface area contributed by atoms with Crippen LogP contribution >= 0.6 is 24.8 Å². The molecule has 1 aliphatic rings. The Hall–Kier alpha value is -0.150. The molecule has 1 rings (SSSR count). The number of thiocarbonyl (C=S) groups is 1. The van der Waals surface area contributed by atoms with Gasteiger partial charge in [-0.05, 0) is 19.3 Å². The van der Waals surface area contributed by atoms with Crippen LogP contribution in [-0.2, 0) is 0 Å². The molecular weight excluding hydrogens is 186 g/mol. The molecule has 0 spiro atoms. The van der Waals surface area contributed by atoms with Gasteiger partial charge < -0.3 is 0 Å². The number of rotatable bonds is 3. The van der Waals surface area contributed by atoms with Gasteiger partial charge in [0, 0.05) is 11.6 Å². The second kappa shape index (κ2) is 4.77. The van der Waals surface area contributed by atoms with Crippen LogP contribution in [0, 0.1) is 5.92 Å². The average molecular weight is 199 g/mol. The first-order valence-corrected chi connectivity index (χ1v) is 4.98. The molecular formula is C9H13NS2. The molecule has 1 unspecified atom stereocenters. The molecule has 0 saturated heterocycles. The Labute approximate surface area is 84.4 Å². The Morgan fingerprint density at radius 1 is 1.83 bits per heavy atom. The highest BCUT2D eigenvalue weighted by Gasteiger charge is 2.23. The lowest BCUT2D eigenvalue weighted by Gasteiger charge is -2.06. The van der Waals surface area contributed by atoms with Crippen LogP contribution in [0.1, 0.15) is 19.3 Å². The number of nitrogens with zero attached hydrogens (tertiary/aromatic N) is 1. The second-order valence-electron chi connectivity index (χ2n) is 2.90. The van der Waals surface area contributed by atoms with E-state index in [4.69, 9.17) is 12.2 Å². The van der Waals surface area contributed by atoms with Gasteiger partial charge in [-0.25, -0.2) is 0 Å². The largest absolute Gasteiger partial charge is 0.289 e. The molecule has 0 radical (unpaired) electrons. The maximum Gasteiger partial charge on any atom is 0.0567 e. The summed E-state index contributed by atoms with van der Waals surface area (Å²) >= 11 is 9.24. The predicted molar refractivity (Wildman–Crippen MR) is 61.4 cm³/mol. The highest BCUT2D eigenvalue weighted by molar-refractivity contribution is 8.11. The molecule has 1 aliphatic carbocycles. The molecule has 0 amide bonds. The molecule has 0 aromatic heterocycles. The van der Waals surface area contributed by atoms with Crippen molar-refractivity contribution in [3.63, 3.8) is 0 Å². The van der Waals surface area contributed by atoms with Gasteiger partial charge in [0.25, 0.3) is 0 Å². The minimum atomic E-state index is 0.350. The Balaban J connectivity index is 2.63. The van der Waals surface area contributed by atoms with Crippen molar-refractivity contribution in [3.8, 4) is 0 Å². The van der Waals surface area contributed by atoms with Crippen molar-refractivity contribution in [3.05, 3.63) is 12.7 Å². The van der Waals surface area contributed by atoms with Crippen molar-refractivity contribution in [2.24, 2.45) is 10.9 Å². The SMILES string of the molecule is C=CCN=C1CCCC1C(=S)S. The van der Waals surface area contributed by atoms with E-state index in [0.29, 0.717) is 12.5 Å². The van der Waals surface area contributed by atoms with Crippen LogP contribution < -0.4 is 0 Å². The standard InChI is InChI=1S/C9H13NS2/c1-2-6-10-8-5-3-4-7(8)9(11)12/h2,7H,1,3-6H2,(H,11,12). The summed E-state index contributed by atoms with van der Waals surface area (Å²) in [6, 6.07) is 0. The summed E-state index contributed by atoms with van der Waals surface area (Å²) in [7, 11) is 0. The fourth-order valence-corrected chi connectivity index (χ4v) is 2.00. The lowest BCUT2D eigenvalue weighted by Crippen LogP contribution is -2.12. The zero-order valence-electron chi connectivity index (χ0n) is 6.99. The quantitative estimate of drug-likeness (QED) is 0.419. The van der Waals surface area contributed by atoms with Crippen molar-refractivity contribution in [1.29, 1.82) is 0 Å². The van der Waals surface area contributed by atoms with Crippen molar-refractivity contribution in [2.45, 2.75) is 19.3 Å². The summed E-state index contributed by atoms with van der Waals surface area (Å²) in [6.07, 6.45) is 5.21. The van der Waals surface area contributed by atoms with Gasteiger partial charge in [0.15, 0.2) is 0 Å². The number of aliphatic imine (C=N–C) groups is 1. The van der Waals surface area contributed by atoms with E-state index in [2.05, 4.69) is 24.2 Å². The zero-order chi connectivity index (χ0) is 8.97. The van der Waals surface area contributed by atoms with Crippen molar-refractivity contribution >= 4 is 34.8 Å². The summed E-state index contributed by atoms with van der Waals surface area (Å²) in [4.78, 5) is 4.41. The Morgan fingerprint density at radius 3 is 3.17 bits per heavy atom. The minimum Gasteiger partial charge on any atom is -0.289 e. The van der Waals surface area contributed by atoms with Gasteiger partial charge in [-0.2, -0.15) is 0 Å². The smallest absolute Gasteiger partial charge is 0.0567 e. The molecule has 0 aromatic rings. The van der Waals surface area contributed by atoms with Crippen LogP contribution in [0.5, 0.6) is 0 Å². The highest BCUT2D eigenvalue weighted by atomic mass is 32.1. The first kappa shape index (κ1) is 9.93. The first-order valence-electron chi connectivity index (χ1n) is 4.12. The van der Waals surface area contributed by atoms with Gasteiger partial charge in [0.05, 0.1) is 10.7 Å². The predicted octanol–water partition coefficient (Wildman–Crippen LogP) is 2.67. The normalized spacial score (nSPS) is 26.1. The van der Waals surface area contributed by atoms with Crippen molar-refractivity contribution in [2.75, 3.05) is 6.54 Å². The topological polar surface area (TPSA) is 12.4 Å². The van der Waals surface area contributed by atoms with Gasteiger partial charge in [-0.1, -0.05) is 18.3 Å². The average Bonchev–Trinajstić information content (AvgIpc) is 2.48. The number of thiol groups is 1. The third-order valence-corrected chi connectivity index (χ3v) is 2.65. The Bertz CT molecular complexity index is 221.